The number of aryl methyl sites for hydroxylation is 1. The minimum atomic E-state index is 0. The van der Waals surface area contributed by atoms with E-state index in [1.807, 2.05) is 11.8 Å². The molecule has 1 aromatic heterocycles. The number of nitrogens with zero attached hydrogens (tertiary/aromatic N) is 1. The van der Waals surface area contributed by atoms with Crippen LogP contribution in [-0.4, -0.2) is 24.8 Å². The van der Waals surface area contributed by atoms with Crippen LogP contribution < -0.4 is 11.1 Å². The second-order valence-electron chi connectivity index (χ2n) is 5.29. The van der Waals surface area contributed by atoms with Crippen molar-refractivity contribution in [2.45, 2.75) is 18.1 Å². The Labute approximate surface area is 163 Å². The molecule has 0 aliphatic carbocycles. The van der Waals surface area contributed by atoms with Crippen molar-refractivity contribution in [1.82, 2.24) is 5.32 Å². The zero-order chi connectivity index (χ0) is 15.2. The number of benzene rings is 1. The summed E-state index contributed by atoms with van der Waals surface area (Å²) in [4.78, 5) is 5.90. The van der Waals surface area contributed by atoms with Crippen LogP contribution in [0.3, 0.4) is 0 Å². The summed E-state index contributed by atoms with van der Waals surface area (Å²) in [5.41, 5.74) is 8.87. The lowest BCUT2D eigenvalue weighted by Crippen LogP contribution is -2.33. The molecular weight excluding hydrogens is 437 g/mol. The third-order valence-electron chi connectivity index (χ3n) is 3.78. The van der Waals surface area contributed by atoms with Crippen molar-refractivity contribution in [2.75, 3.05) is 18.8 Å². The number of halogens is 1. The summed E-state index contributed by atoms with van der Waals surface area (Å²) in [5.74, 6) is 1.73. The molecular formula is C17H22IN3S2. The molecule has 0 saturated carbocycles. The number of guanidine groups is 1. The average Bonchev–Trinajstić information content (AvgIpc) is 3.06. The number of thiophene rings is 1. The van der Waals surface area contributed by atoms with E-state index in [9.17, 15) is 0 Å². The summed E-state index contributed by atoms with van der Waals surface area (Å²) in [7, 11) is 0. The highest BCUT2D eigenvalue weighted by molar-refractivity contribution is 14.0. The van der Waals surface area contributed by atoms with Gasteiger partial charge in [0.15, 0.2) is 5.96 Å². The summed E-state index contributed by atoms with van der Waals surface area (Å²) < 4.78 is 0. The summed E-state index contributed by atoms with van der Waals surface area (Å²) in [5, 5.41) is 5.74. The van der Waals surface area contributed by atoms with Gasteiger partial charge in [-0.05, 0) is 41.2 Å². The van der Waals surface area contributed by atoms with Crippen molar-refractivity contribution < 1.29 is 0 Å². The third-order valence-corrected chi connectivity index (χ3v) is 5.96. The molecule has 3 N–H and O–H groups in total. The fourth-order valence-electron chi connectivity index (χ4n) is 2.63. The molecule has 0 spiro atoms. The third kappa shape index (κ3) is 5.39. The number of nitrogens with two attached hydrogens (primary N) is 1. The summed E-state index contributed by atoms with van der Waals surface area (Å²) in [6.07, 6.45) is 2.16. The second kappa shape index (κ2) is 9.54. The van der Waals surface area contributed by atoms with Crippen LogP contribution in [0, 0.1) is 0 Å². The predicted molar refractivity (Wildman–Crippen MR) is 113 cm³/mol. The first-order valence-electron chi connectivity index (χ1n) is 7.58. The Morgan fingerprint density at radius 3 is 2.96 bits per heavy atom. The Kier molecular flexibility index (Phi) is 7.72. The molecule has 1 atom stereocenters. The van der Waals surface area contributed by atoms with Crippen LogP contribution in [-0.2, 0) is 12.8 Å². The number of nitrogens with one attached hydrogen (secondary N) is 1. The van der Waals surface area contributed by atoms with E-state index in [-0.39, 0.29) is 24.0 Å². The molecule has 0 saturated heterocycles. The van der Waals surface area contributed by atoms with E-state index >= 15 is 0 Å². The first-order valence-corrected chi connectivity index (χ1v) is 9.51. The topological polar surface area (TPSA) is 50.4 Å². The molecule has 3 nitrogen and oxygen atoms in total. The Balaban J connectivity index is 0.00000192. The summed E-state index contributed by atoms with van der Waals surface area (Å²) in [6, 6.07) is 12.9. The molecule has 1 aliphatic rings. The normalized spacial score (nSPS) is 17.2. The van der Waals surface area contributed by atoms with Crippen molar-refractivity contribution >= 4 is 53.0 Å². The zero-order valence-corrected chi connectivity index (χ0v) is 16.9. The second-order valence-corrected chi connectivity index (χ2v) is 7.63. The maximum Gasteiger partial charge on any atom is 0.188 e. The van der Waals surface area contributed by atoms with Gasteiger partial charge in [-0.25, -0.2) is 0 Å². The van der Waals surface area contributed by atoms with Gasteiger partial charge >= 0.3 is 0 Å². The zero-order valence-electron chi connectivity index (χ0n) is 12.9. The lowest BCUT2D eigenvalue weighted by Gasteiger charge is -2.23. The molecule has 0 bridgehead atoms. The van der Waals surface area contributed by atoms with Gasteiger partial charge in [0, 0.05) is 16.7 Å². The van der Waals surface area contributed by atoms with Crippen LogP contribution in [0.5, 0.6) is 0 Å². The van der Waals surface area contributed by atoms with Crippen molar-refractivity contribution in [3.05, 3.63) is 57.8 Å². The van der Waals surface area contributed by atoms with Crippen LogP contribution >= 0.6 is 47.1 Å². The highest BCUT2D eigenvalue weighted by atomic mass is 127. The van der Waals surface area contributed by atoms with Gasteiger partial charge in [0.1, 0.15) is 0 Å². The fraction of sp³-hybridized carbons (Fsp3) is 0.353. The minimum absolute atomic E-state index is 0. The van der Waals surface area contributed by atoms with Gasteiger partial charge in [0.25, 0.3) is 0 Å². The number of aliphatic imine (C=N–C) groups is 1. The highest BCUT2D eigenvalue weighted by Gasteiger charge is 2.19. The molecule has 23 heavy (non-hydrogen) atoms. The van der Waals surface area contributed by atoms with Gasteiger partial charge in [0.2, 0.25) is 0 Å². The molecule has 6 heteroatoms. The van der Waals surface area contributed by atoms with Crippen molar-refractivity contribution in [3.8, 4) is 0 Å². The van der Waals surface area contributed by atoms with Crippen LogP contribution in [0.15, 0.2) is 46.8 Å². The molecule has 2 aromatic rings. The number of rotatable bonds is 5. The molecule has 1 aliphatic heterocycles. The van der Waals surface area contributed by atoms with Gasteiger partial charge in [-0.3, -0.25) is 4.99 Å². The summed E-state index contributed by atoms with van der Waals surface area (Å²) >= 11 is 3.76. The molecule has 3 rings (SSSR count). The largest absolute Gasteiger partial charge is 0.370 e. The van der Waals surface area contributed by atoms with Crippen molar-refractivity contribution in [3.63, 3.8) is 0 Å². The van der Waals surface area contributed by atoms with Gasteiger partial charge in [0.05, 0.1) is 6.54 Å². The lowest BCUT2D eigenvalue weighted by molar-refractivity contribution is 0.841. The first kappa shape index (κ1) is 18.6. The lowest BCUT2D eigenvalue weighted by atomic mass is 10.0. The average molecular weight is 459 g/mol. The molecule has 0 fully saturated rings. The highest BCUT2D eigenvalue weighted by Crippen LogP contribution is 2.36. The Morgan fingerprint density at radius 1 is 1.26 bits per heavy atom. The van der Waals surface area contributed by atoms with Crippen molar-refractivity contribution in [1.29, 1.82) is 0 Å². The number of hydrogen-bond acceptors (Lipinski definition) is 3. The van der Waals surface area contributed by atoms with Gasteiger partial charge in [-0.1, -0.05) is 30.3 Å². The minimum Gasteiger partial charge on any atom is -0.370 e. The summed E-state index contributed by atoms with van der Waals surface area (Å²) in [6.45, 7) is 1.59. The predicted octanol–water partition coefficient (Wildman–Crippen LogP) is 3.84. The quantitative estimate of drug-likeness (QED) is 0.406. The van der Waals surface area contributed by atoms with Gasteiger partial charge in [-0.15, -0.1) is 35.3 Å². The standard InChI is InChI=1S/C17H21N3S2.HI/c18-17(19-9-7-14-5-3-10-21-14)20-12-16-15-6-2-1-4-13(15)8-11-22-16;/h1-6,10,16H,7-9,11-12H2,(H3,18,19,20);1H. The molecule has 124 valence electrons. The fourth-order valence-corrected chi connectivity index (χ4v) is 4.55. The Bertz CT molecular complexity index is 629. The first-order chi connectivity index (χ1) is 10.8. The van der Waals surface area contributed by atoms with Crippen molar-refractivity contribution in [2.24, 2.45) is 10.7 Å². The molecule has 1 aromatic carbocycles. The van der Waals surface area contributed by atoms with Gasteiger partial charge in [-0.2, -0.15) is 11.8 Å². The van der Waals surface area contributed by atoms with Crippen LogP contribution in [0.1, 0.15) is 21.3 Å². The van der Waals surface area contributed by atoms with Crippen LogP contribution in [0.2, 0.25) is 0 Å². The monoisotopic (exact) mass is 459 g/mol. The Hall–Kier alpha value is -0.730. The SMILES string of the molecule is I.NC(=NCC1SCCc2ccccc21)NCCc1cccs1. The van der Waals surface area contributed by atoms with Crippen LogP contribution in [0.4, 0.5) is 0 Å². The van der Waals surface area contributed by atoms with E-state index in [2.05, 4.69) is 52.1 Å². The van der Waals surface area contributed by atoms with E-state index in [4.69, 9.17) is 5.73 Å². The molecule has 0 radical (unpaired) electrons. The van der Waals surface area contributed by atoms with E-state index in [1.165, 1.54) is 21.8 Å². The molecule has 2 heterocycles. The Morgan fingerprint density at radius 2 is 2.13 bits per heavy atom. The number of fused-ring (bicyclic) bond motifs is 1. The van der Waals surface area contributed by atoms with E-state index in [0.29, 0.717) is 11.2 Å². The number of thioether (sulfide) groups is 1. The van der Waals surface area contributed by atoms with Crippen LogP contribution in [0.25, 0.3) is 0 Å². The molecule has 0 amide bonds. The smallest absolute Gasteiger partial charge is 0.188 e. The van der Waals surface area contributed by atoms with Gasteiger partial charge < -0.3 is 11.1 Å². The van der Waals surface area contributed by atoms with E-state index in [1.54, 1.807) is 11.3 Å². The maximum atomic E-state index is 5.98. The molecule has 1 unspecified atom stereocenters. The maximum absolute atomic E-state index is 5.98. The van der Waals surface area contributed by atoms with E-state index in [0.717, 1.165) is 25.9 Å². The van der Waals surface area contributed by atoms with E-state index < -0.39 is 0 Å². The number of hydrogen-bond donors (Lipinski definition) is 2.